The van der Waals surface area contributed by atoms with Crippen molar-refractivity contribution in [2.24, 2.45) is 5.84 Å². The number of sulfonamides is 1. The molecule has 1 fully saturated rings. The van der Waals surface area contributed by atoms with E-state index in [0.717, 1.165) is 19.1 Å². The van der Waals surface area contributed by atoms with E-state index in [1.807, 2.05) is 5.43 Å². The quantitative estimate of drug-likeness (QED) is 0.192. The first-order valence-electron chi connectivity index (χ1n) is 12.7. The summed E-state index contributed by atoms with van der Waals surface area (Å²) in [6.07, 6.45) is 3.66. The summed E-state index contributed by atoms with van der Waals surface area (Å²) in [7, 11) is -3.57. The lowest BCUT2D eigenvalue weighted by Gasteiger charge is -2.49. The van der Waals surface area contributed by atoms with Crippen LogP contribution >= 0.6 is 23.2 Å². The minimum atomic E-state index is -3.57. The number of hydrogen-bond acceptors (Lipinski definition) is 7. The van der Waals surface area contributed by atoms with Gasteiger partial charge in [-0.05, 0) is 42.2 Å². The minimum Gasteiger partial charge on any atom is -0.326 e. The van der Waals surface area contributed by atoms with E-state index in [1.54, 1.807) is 47.4 Å². The zero-order valence-corrected chi connectivity index (χ0v) is 24.1. The van der Waals surface area contributed by atoms with Crippen LogP contribution in [0.1, 0.15) is 65.5 Å². The summed E-state index contributed by atoms with van der Waals surface area (Å²) >= 11 is 12.9. The van der Waals surface area contributed by atoms with Gasteiger partial charge in [0.15, 0.2) is 6.61 Å². The molecule has 0 aromatic heterocycles. The molecule has 5 N–H and O–H groups in total. The summed E-state index contributed by atoms with van der Waals surface area (Å²) in [4.78, 5) is 45.4. The maximum absolute atomic E-state index is 14.2. The Kier molecular flexibility index (Phi) is 9.70. The molecule has 0 bridgehead atoms. The van der Waals surface area contributed by atoms with E-state index in [9.17, 15) is 22.8 Å². The fourth-order valence-corrected chi connectivity index (χ4v) is 7.00. The van der Waals surface area contributed by atoms with Gasteiger partial charge in [-0.25, -0.2) is 24.5 Å². The first-order valence-corrected chi connectivity index (χ1v) is 15.4. The van der Waals surface area contributed by atoms with Gasteiger partial charge < -0.3 is 4.90 Å². The van der Waals surface area contributed by atoms with E-state index in [2.05, 4.69) is 10.2 Å². The normalized spacial score (nSPS) is 22.9. The van der Waals surface area contributed by atoms with Gasteiger partial charge in [-0.3, -0.25) is 24.6 Å². The molecule has 2 aromatic rings. The Morgan fingerprint density at radius 2 is 1.80 bits per heavy atom. The number of nitrogens with zero attached hydrogens (tertiary/aromatic N) is 1. The van der Waals surface area contributed by atoms with Crippen LogP contribution in [0, 0.1) is 0 Å². The van der Waals surface area contributed by atoms with Crippen molar-refractivity contribution in [1.29, 1.82) is 0 Å². The molecule has 0 radical (unpaired) electrons. The van der Waals surface area contributed by atoms with Crippen LogP contribution in [0.4, 0.5) is 0 Å². The zero-order valence-electron chi connectivity index (χ0n) is 21.7. The van der Waals surface area contributed by atoms with Crippen LogP contribution < -0.4 is 21.5 Å². The van der Waals surface area contributed by atoms with Gasteiger partial charge in [0.05, 0.1) is 12.3 Å². The van der Waals surface area contributed by atoms with Crippen LogP contribution in [-0.2, 0) is 24.4 Å². The van der Waals surface area contributed by atoms with Gasteiger partial charge in [0.2, 0.25) is 15.9 Å². The number of hydrazine groups is 1. The molecule has 4 atom stereocenters. The SMILES string of the molecule is CS(=O)(=O)N[C@H]1CCCC[C@@H]1N1C(=O)c2ccccc2[C@@H](CC(=O)NOCC(=O)NN)[C@@H]1c1ccc(Cl)cc1Cl. The highest BCUT2D eigenvalue weighted by atomic mass is 35.5. The van der Waals surface area contributed by atoms with Crippen molar-refractivity contribution in [2.45, 2.75) is 56.1 Å². The summed E-state index contributed by atoms with van der Waals surface area (Å²) in [5.41, 5.74) is 5.79. The first kappa shape index (κ1) is 30.2. The third-order valence-corrected chi connectivity index (χ3v) is 8.49. The summed E-state index contributed by atoms with van der Waals surface area (Å²) in [5.74, 6) is 3.00. The molecule has 11 nitrogen and oxygen atoms in total. The third-order valence-electron chi connectivity index (χ3n) is 7.19. The van der Waals surface area contributed by atoms with Gasteiger partial charge >= 0.3 is 0 Å². The van der Waals surface area contributed by atoms with Crippen LogP contribution in [0.5, 0.6) is 0 Å². The lowest BCUT2D eigenvalue weighted by Crippen LogP contribution is -2.58. The number of benzene rings is 2. The Morgan fingerprint density at radius 3 is 2.50 bits per heavy atom. The molecule has 3 amide bonds. The summed E-state index contributed by atoms with van der Waals surface area (Å²) in [5, 5.41) is 0.706. The number of nitrogens with two attached hydrogens (primary N) is 1. The molecular formula is C26H31Cl2N5O6S. The number of amides is 3. The highest BCUT2D eigenvalue weighted by molar-refractivity contribution is 7.88. The second-order valence-corrected chi connectivity index (χ2v) is 12.6. The third kappa shape index (κ3) is 6.93. The largest absolute Gasteiger partial charge is 0.326 e. The van der Waals surface area contributed by atoms with Gasteiger partial charge in [-0.2, -0.15) is 0 Å². The van der Waals surface area contributed by atoms with Crippen LogP contribution in [0.2, 0.25) is 10.0 Å². The number of halogens is 2. The van der Waals surface area contributed by atoms with Crippen molar-refractivity contribution in [2.75, 3.05) is 12.9 Å². The molecule has 4 rings (SSSR count). The number of nitrogens with one attached hydrogen (secondary N) is 3. The molecule has 0 saturated heterocycles. The van der Waals surface area contributed by atoms with Crippen LogP contribution in [-0.4, -0.2) is 56.0 Å². The van der Waals surface area contributed by atoms with Crippen molar-refractivity contribution < 1.29 is 27.6 Å². The lowest BCUT2D eigenvalue weighted by molar-refractivity contribution is -0.139. The topological polar surface area (TPSA) is 160 Å². The first-order chi connectivity index (χ1) is 19.0. The molecule has 0 unspecified atom stereocenters. The number of carbonyl (C=O) groups is 3. The van der Waals surface area contributed by atoms with Gasteiger partial charge in [-0.1, -0.05) is 60.3 Å². The number of hydroxylamine groups is 1. The maximum atomic E-state index is 14.2. The second kappa shape index (κ2) is 12.8. The van der Waals surface area contributed by atoms with Crippen molar-refractivity contribution in [1.82, 2.24) is 20.5 Å². The molecule has 40 heavy (non-hydrogen) atoms. The van der Waals surface area contributed by atoms with Crippen molar-refractivity contribution in [3.05, 3.63) is 69.2 Å². The van der Waals surface area contributed by atoms with E-state index < -0.39 is 52.5 Å². The van der Waals surface area contributed by atoms with E-state index >= 15 is 0 Å². The Labute approximate surface area is 242 Å². The van der Waals surface area contributed by atoms with Gasteiger partial charge in [0, 0.05) is 40.0 Å². The molecule has 2 aliphatic rings. The smallest absolute Gasteiger partial charge is 0.262 e. The van der Waals surface area contributed by atoms with Crippen LogP contribution in [0.25, 0.3) is 0 Å². The molecule has 2 aromatic carbocycles. The average molecular weight is 613 g/mol. The van der Waals surface area contributed by atoms with Crippen molar-refractivity contribution in [3.63, 3.8) is 0 Å². The predicted octanol–water partition coefficient (Wildman–Crippen LogP) is 2.56. The standard InChI is InChI=1S/C26H31Cl2N5O6S/c1-40(37,38)32-21-8-4-5-9-22(21)33-25(18-11-10-15(27)12-20(18)28)19(13-23(34)31-39-14-24(35)30-29)16-6-2-3-7-17(16)26(33)36/h2-3,6-7,10-12,19,21-22,25,32H,4-5,8-9,13-14,29H2,1H3,(H,30,35)(H,31,34)/t19-,21+,22+,25+/m1/s1. The molecule has 1 aliphatic carbocycles. The van der Waals surface area contributed by atoms with E-state index in [0.29, 0.717) is 39.6 Å². The Morgan fingerprint density at radius 1 is 1.07 bits per heavy atom. The van der Waals surface area contributed by atoms with Crippen molar-refractivity contribution in [3.8, 4) is 0 Å². The highest BCUT2D eigenvalue weighted by Gasteiger charge is 2.47. The lowest BCUT2D eigenvalue weighted by atomic mass is 9.75. The molecule has 1 heterocycles. The number of fused-ring (bicyclic) bond motifs is 1. The second-order valence-electron chi connectivity index (χ2n) is 9.95. The minimum absolute atomic E-state index is 0.133. The number of rotatable bonds is 9. The van der Waals surface area contributed by atoms with E-state index in [-0.39, 0.29) is 12.3 Å². The Hall–Kier alpha value is -2.74. The summed E-state index contributed by atoms with van der Waals surface area (Å²) in [6.45, 7) is -0.485. The number of carbonyl (C=O) groups excluding carboxylic acids is 3. The van der Waals surface area contributed by atoms with Crippen LogP contribution in [0.15, 0.2) is 42.5 Å². The predicted molar refractivity (Wildman–Crippen MR) is 150 cm³/mol. The molecule has 14 heteroatoms. The van der Waals surface area contributed by atoms with Crippen molar-refractivity contribution >= 4 is 50.9 Å². The fourth-order valence-electron chi connectivity index (χ4n) is 5.65. The zero-order chi connectivity index (χ0) is 29.0. The summed E-state index contributed by atoms with van der Waals surface area (Å²) in [6, 6.07) is 10.2. The van der Waals surface area contributed by atoms with Gasteiger partial charge in [0.1, 0.15) is 0 Å². The summed E-state index contributed by atoms with van der Waals surface area (Å²) < 4.78 is 27.3. The monoisotopic (exact) mass is 611 g/mol. The van der Waals surface area contributed by atoms with Crippen LogP contribution in [0.3, 0.4) is 0 Å². The molecule has 0 spiro atoms. The average Bonchev–Trinajstić information content (AvgIpc) is 2.90. The highest BCUT2D eigenvalue weighted by Crippen LogP contribution is 2.49. The Balaban J connectivity index is 1.81. The van der Waals surface area contributed by atoms with Gasteiger partial charge in [0.25, 0.3) is 11.8 Å². The Bertz CT molecular complexity index is 1390. The van der Waals surface area contributed by atoms with Gasteiger partial charge in [-0.15, -0.1) is 0 Å². The number of hydrogen-bond donors (Lipinski definition) is 4. The maximum Gasteiger partial charge on any atom is 0.262 e. The van der Waals surface area contributed by atoms with E-state index in [1.165, 1.54) is 0 Å². The molecule has 1 saturated carbocycles. The molecular weight excluding hydrogens is 581 g/mol. The molecule has 216 valence electrons. The fraction of sp³-hybridized carbons (Fsp3) is 0.423. The van der Waals surface area contributed by atoms with E-state index in [4.69, 9.17) is 33.9 Å². The molecule has 1 aliphatic heterocycles.